The minimum absolute atomic E-state index is 0.105. The second-order valence-electron chi connectivity index (χ2n) is 4.80. The van der Waals surface area contributed by atoms with Crippen LogP contribution in [0.4, 0.5) is 0 Å². The Morgan fingerprint density at radius 2 is 2.39 bits per heavy atom. The molecule has 1 unspecified atom stereocenters. The molecular weight excluding hydrogens is 226 g/mol. The molecule has 1 aliphatic rings. The van der Waals surface area contributed by atoms with Crippen LogP contribution in [-0.2, 0) is 6.42 Å². The maximum Gasteiger partial charge on any atom is 0.175 e. The Labute approximate surface area is 106 Å². The van der Waals surface area contributed by atoms with E-state index in [1.807, 2.05) is 13.0 Å². The van der Waals surface area contributed by atoms with Gasteiger partial charge in [0.15, 0.2) is 5.78 Å². The number of hydrogen-bond donors (Lipinski definition) is 0. The highest BCUT2D eigenvalue weighted by molar-refractivity contribution is 6.00. The van der Waals surface area contributed by atoms with Crippen LogP contribution >= 0.6 is 0 Å². The Bertz CT molecular complexity index is 586. The van der Waals surface area contributed by atoms with Gasteiger partial charge in [0.05, 0.1) is 17.2 Å². The van der Waals surface area contributed by atoms with Crippen LogP contribution in [0.25, 0.3) is 0 Å². The Morgan fingerprint density at radius 3 is 3.17 bits per heavy atom. The zero-order valence-corrected chi connectivity index (χ0v) is 10.3. The van der Waals surface area contributed by atoms with Gasteiger partial charge in [0.25, 0.3) is 0 Å². The van der Waals surface area contributed by atoms with Crippen molar-refractivity contribution in [3.8, 4) is 0 Å². The first-order valence-corrected chi connectivity index (χ1v) is 6.29. The van der Waals surface area contributed by atoms with Crippen LogP contribution in [-0.4, -0.2) is 10.8 Å². The van der Waals surface area contributed by atoms with Gasteiger partial charge in [0.1, 0.15) is 12.0 Å². The monoisotopic (exact) mass is 241 g/mol. The smallest absolute Gasteiger partial charge is 0.175 e. The third kappa shape index (κ3) is 1.86. The van der Waals surface area contributed by atoms with Crippen molar-refractivity contribution in [2.45, 2.75) is 32.1 Å². The molecule has 2 aromatic heterocycles. The number of fused-ring (bicyclic) bond motifs is 1. The van der Waals surface area contributed by atoms with E-state index in [1.165, 1.54) is 5.56 Å². The van der Waals surface area contributed by atoms with Crippen molar-refractivity contribution in [2.75, 3.05) is 0 Å². The number of carbonyl (C=O) groups is 1. The van der Waals surface area contributed by atoms with E-state index in [2.05, 4.69) is 11.1 Å². The second kappa shape index (κ2) is 4.41. The highest BCUT2D eigenvalue weighted by Gasteiger charge is 2.29. The predicted octanol–water partition coefficient (Wildman–Crippen LogP) is 3.29. The van der Waals surface area contributed by atoms with Crippen molar-refractivity contribution >= 4 is 5.78 Å². The Morgan fingerprint density at radius 1 is 1.50 bits per heavy atom. The number of Topliss-reactive ketones (excluding diaryl/α,β-unsaturated/α-hetero) is 1. The van der Waals surface area contributed by atoms with Gasteiger partial charge in [-0.3, -0.25) is 9.78 Å². The lowest BCUT2D eigenvalue weighted by molar-refractivity contribution is 0.0948. The molecular formula is C15H15NO2. The van der Waals surface area contributed by atoms with E-state index in [0.717, 1.165) is 30.7 Å². The summed E-state index contributed by atoms with van der Waals surface area (Å²) in [6, 6.07) is 5.82. The van der Waals surface area contributed by atoms with Crippen LogP contribution in [0, 0.1) is 6.92 Å². The standard InChI is InChI=1S/C15H15NO2/c1-10-8-12(9-18-10)15(17)13-6-2-4-11-5-3-7-16-14(11)13/h3,5,7-9,13H,2,4,6H2,1H3. The highest BCUT2D eigenvalue weighted by Crippen LogP contribution is 2.32. The van der Waals surface area contributed by atoms with Gasteiger partial charge in [-0.05, 0) is 43.9 Å². The molecule has 1 aliphatic carbocycles. The lowest BCUT2D eigenvalue weighted by Crippen LogP contribution is -2.19. The first kappa shape index (κ1) is 11.2. The predicted molar refractivity (Wildman–Crippen MR) is 67.7 cm³/mol. The van der Waals surface area contributed by atoms with Gasteiger partial charge in [-0.1, -0.05) is 6.07 Å². The maximum absolute atomic E-state index is 12.5. The van der Waals surface area contributed by atoms with Gasteiger partial charge in [-0.15, -0.1) is 0 Å². The van der Waals surface area contributed by atoms with Crippen LogP contribution in [0.5, 0.6) is 0 Å². The van der Waals surface area contributed by atoms with Gasteiger partial charge in [-0.2, -0.15) is 0 Å². The van der Waals surface area contributed by atoms with Gasteiger partial charge in [0, 0.05) is 6.20 Å². The molecule has 0 fully saturated rings. The SMILES string of the molecule is Cc1cc(C(=O)C2CCCc3cccnc32)co1. The van der Waals surface area contributed by atoms with Crippen LogP contribution in [0.15, 0.2) is 35.1 Å². The number of carbonyl (C=O) groups excluding carboxylic acids is 1. The van der Waals surface area contributed by atoms with Gasteiger partial charge >= 0.3 is 0 Å². The molecule has 0 spiro atoms. The minimum atomic E-state index is -0.105. The first-order chi connectivity index (χ1) is 8.75. The third-order valence-electron chi connectivity index (χ3n) is 3.53. The molecule has 92 valence electrons. The minimum Gasteiger partial charge on any atom is -0.469 e. The first-order valence-electron chi connectivity index (χ1n) is 6.29. The van der Waals surface area contributed by atoms with Crippen molar-refractivity contribution < 1.29 is 9.21 Å². The molecule has 0 radical (unpaired) electrons. The number of pyridine rings is 1. The number of hydrogen-bond acceptors (Lipinski definition) is 3. The normalized spacial score (nSPS) is 18.4. The number of aryl methyl sites for hydroxylation is 2. The third-order valence-corrected chi connectivity index (χ3v) is 3.53. The summed E-state index contributed by atoms with van der Waals surface area (Å²) in [5, 5.41) is 0. The molecule has 2 aromatic rings. The van der Waals surface area contributed by atoms with E-state index in [-0.39, 0.29) is 11.7 Å². The molecule has 1 atom stereocenters. The topological polar surface area (TPSA) is 43.1 Å². The molecule has 3 heteroatoms. The fraction of sp³-hybridized carbons (Fsp3) is 0.333. The van der Waals surface area contributed by atoms with Gasteiger partial charge in [-0.25, -0.2) is 0 Å². The van der Waals surface area contributed by atoms with Crippen LogP contribution in [0.1, 0.15) is 46.1 Å². The number of rotatable bonds is 2. The Balaban J connectivity index is 1.96. The molecule has 2 heterocycles. The van der Waals surface area contributed by atoms with E-state index >= 15 is 0 Å². The number of aromatic nitrogens is 1. The van der Waals surface area contributed by atoms with E-state index in [1.54, 1.807) is 18.5 Å². The average molecular weight is 241 g/mol. The van der Waals surface area contributed by atoms with Crippen molar-refractivity contribution in [1.82, 2.24) is 4.98 Å². The molecule has 0 aromatic carbocycles. The van der Waals surface area contributed by atoms with E-state index in [9.17, 15) is 4.79 Å². The van der Waals surface area contributed by atoms with Crippen molar-refractivity contribution in [1.29, 1.82) is 0 Å². The maximum atomic E-state index is 12.5. The van der Waals surface area contributed by atoms with E-state index in [4.69, 9.17) is 4.42 Å². The van der Waals surface area contributed by atoms with E-state index < -0.39 is 0 Å². The van der Waals surface area contributed by atoms with Crippen molar-refractivity contribution in [3.63, 3.8) is 0 Å². The fourth-order valence-corrected chi connectivity index (χ4v) is 2.64. The number of ketones is 1. The molecule has 3 rings (SSSR count). The Kier molecular flexibility index (Phi) is 2.74. The molecule has 0 aliphatic heterocycles. The van der Waals surface area contributed by atoms with Crippen molar-refractivity contribution in [2.24, 2.45) is 0 Å². The second-order valence-corrected chi connectivity index (χ2v) is 4.80. The zero-order chi connectivity index (χ0) is 12.5. The zero-order valence-electron chi connectivity index (χ0n) is 10.3. The van der Waals surface area contributed by atoms with Crippen LogP contribution in [0.3, 0.4) is 0 Å². The van der Waals surface area contributed by atoms with Crippen molar-refractivity contribution in [3.05, 3.63) is 53.2 Å². The summed E-state index contributed by atoms with van der Waals surface area (Å²) in [4.78, 5) is 16.9. The fourth-order valence-electron chi connectivity index (χ4n) is 2.64. The Hall–Kier alpha value is -1.90. The summed E-state index contributed by atoms with van der Waals surface area (Å²) in [6.07, 6.45) is 6.27. The molecule has 0 bridgehead atoms. The number of nitrogens with zero attached hydrogens (tertiary/aromatic N) is 1. The number of furan rings is 1. The molecule has 0 saturated heterocycles. The molecule has 0 N–H and O–H groups in total. The lowest BCUT2D eigenvalue weighted by atomic mass is 9.82. The summed E-state index contributed by atoms with van der Waals surface area (Å²) in [7, 11) is 0. The highest BCUT2D eigenvalue weighted by atomic mass is 16.3. The summed E-state index contributed by atoms with van der Waals surface area (Å²) in [5.41, 5.74) is 2.82. The van der Waals surface area contributed by atoms with Crippen LogP contribution in [0.2, 0.25) is 0 Å². The molecule has 3 nitrogen and oxygen atoms in total. The summed E-state index contributed by atoms with van der Waals surface area (Å²) in [6.45, 7) is 1.85. The summed E-state index contributed by atoms with van der Waals surface area (Å²) < 4.78 is 5.22. The molecule has 0 amide bonds. The summed E-state index contributed by atoms with van der Waals surface area (Å²) in [5.74, 6) is 0.800. The van der Waals surface area contributed by atoms with Crippen LogP contribution < -0.4 is 0 Å². The van der Waals surface area contributed by atoms with Gasteiger partial charge < -0.3 is 4.42 Å². The van der Waals surface area contributed by atoms with E-state index in [0.29, 0.717) is 5.56 Å². The average Bonchev–Trinajstić information content (AvgIpc) is 2.84. The van der Waals surface area contributed by atoms with Gasteiger partial charge in [0.2, 0.25) is 0 Å². The quantitative estimate of drug-likeness (QED) is 0.758. The largest absolute Gasteiger partial charge is 0.469 e. The summed E-state index contributed by atoms with van der Waals surface area (Å²) >= 11 is 0. The molecule has 0 saturated carbocycles. The lowest BCUT2D eigenvalue weighted by Gasteiger charge is -2.22. The molecule has 18 heavy (non-hydrogen) atoms.